The van der Waals surface area contributed by atoms with Gasteiger partial charge in [-0.3, -0.25) is 9.59 Å². The molecule has 0 aliphatic rings. The van der Waals surface area contributed by atoms with Crippen LogP contribution in [0, 0.1) is 0 Å². The SMILES string of the molecule is NC(=O)CCC(=O)O.[Na]. The summed E-state index contributed by atoms with van der Waals surface area (Å²) in [6.45, 7) is 0. The summed E-state index contributed by atoms with van der Waals surface area (Å²) >= 11 is 0. The number of carboxylic acids is 1. The van der Waals surface area contributed by atoms with Gasteiger partial charge in [-0.15, -0.1) is 0 Å². The molecule has 1 radical (unpaired) electrons. The number of carbonyl (C=O) groups excluding carboxylic acids is 1. The third-order valence-corrected chi connectivity index (χ3v) is 0.585. The van der Waals surface area contributed by atoms with Gasteiger partial charge >= 0.3 is 5.97 Å². The predicted molar refractivity (Wildman–Crippen MR) is 31.8 cm³/mol. The summed E-state index contributed by atoms with van der Waals surface area (Å²) in [4.78, 5) is 19.6. The molecular formula is C4H7NNaO3. The Bertz CT molecular complexity index is 100. The zero-order chi connectivity index (χ0) is 6.57. The Hall–Kier alpha value is -0.0600. The maximum Gasteiger partial charge on any atom is 0.303 e. The Morgan fingerprint density at radius 1 is 1.33 bits per heavy atom. The minimum Gasteiger partial charge on any atom is -0.481 e. The molecule has 0 aliphatic heterocycles. The minimum atomic E-state index is -0.996. The molecule has 9 heavy (non-hydrogen) atoms. The average Bonchev–Trinajstić information content (AvgIpc) is 1.61. The minimum absolute atomic E-state index is 0. The number of carboxylic acid groups (broad SMARTS) is 1. The molecule has 0 atom stereocenters. The summed E-state index contributed by atoms with van der Waals surface area (Å²) < 4.78 is 0. The molecule has 0 aromatic heterocycles. The fourth-order valence-electron chi connectivity index (χ4n) is 0.230. The summed E-state index contributed by atoms with van der Waals surface area (Å²) in [7, 11) is 0. The molecule has 47 valence electrons. The molecule has 4 nitrogen and oxygen atoms in total. The Balaban J connectivity index is 0. The van der Waals surface area contributed by atoms with Crippen LogP contribution in [0.1, 0.15) is 12.8 Å². The van der Waals surface area contributed by atoms with Gasteiger partial charge in [0, 0.05) is 36.0 Å². The van der Waals surface area contributed by atoms with Crippen LogP contribution in [0.4, 0.5) is 0 Å². The van der Waals surface area contributed by atoms with Gasteiger partial charge in [0.1, 0.15) is 0 Å². The van der Waals surface area contributed by atoms with Crippen LogP contribution in [-0.4, -0.2) is 46.5 Å². The molecule has 0 aliphatic carbocycles. The van der Waals surface area contributed by atoms with Crippen molar-refractivity contribution in [3.63, 3.8) is 0 Å². The van der Waals surface area contributed by atoms with E-state index in [1.807, 2.05) is 0 Å². The molecule has 0 aromatic rings. The Kier molecular flexibility index (Phi) is 7.89. The zero-order valence-electron chi connectivity index (χ0n) is 5.26. The second kappa shape index (κ2) is 6.07. The Labute approximate surface area is 74.7 Å². The van der Waals surface area contributed by atoms with Crippen molar-refractivity contribution >= 4 is 41.4 Å². The van der Waals surface area contributed by atoms with Crippen LogP contribution in [0.15, 0.2) is 0 Å². The molecule has 0 aromatic carbocycles. The maximum absolute atomic E-state index is 9.86. The summed E-state index contributed by atoms with van der Waals surface area (Å²) in [6.07, 6.45) is -0.245. The van der Waals surface area contributed by atoms with Crippen molar-refractivity contribution in [3.8, 4) is 0 Å². The van der Waals surface area contributed by atoms with E-state index in [1.54, 1.807) is 0 Å². The number of hydrogen-bond acceptors (Lipinski definition) is 2. The second-order valence-electron chi connectivity index (χ2n) is 1.36. The van der Waals surface area contributed by atoms with Crippen molar-refractivity contribution in [2.24, 2.45) is 5.73 Å². The number of aliphatic carboxylic acids is 1. The molecule has 0 heterocycles. The molecule has 1 amide bonds. The molecule has 0 spiro atoms. The number of primary amides is 1. The first-order chi connectivity index (χ1) is 3.63. The van der Waals surface area contributed by atoms with Crippen LogP contribution < -0.4 is 5.73 Å². The normalized spacial score (nSPS) is 7.56. The molecule has 3 N–H and O–H groups in total. The monoisotopic (exact) mass is 140 g/mol. The quantitative estimate of drug-likeness (QED) is 0.491. The second-order valence-corrected chi connectivity index (χ2v) is 1.36. The van der Waals surface area contributed by atoms with Crippen LogP contribution >= 0.6 is 0 Å². The van der Waals surface area contributed by atoms with Crippen molar-refractivity contribution in [1.82, 2.24) is 0 Å². The van der Waals surface area contributed by atoms with Crippen molar-refractivity contribution < 1.29 is 14.7 Å². The topological polar surface area (TPSA) is 80.4 Å². The predicted octanol–water partition coefficient (Wildman–Crippen LogP) is -1.04. The number of amides is 1. The van der Waals surface area contributed by atoms with Crippen molar-refractivity contribution in [1.29, 1.82) is 0 Å². The van der Waals surface area contributed by atoms with E-state index < -0.39 is 11.9 Å². The van der Waals surface area contributed by atoms with Crippen molar-refractivity contribution in [2.45, 2.75) is 12.8 Å². The van der Waals surface area contributed by atoms with E-state index in [4.69, 9.17) is 5.11 Å². The summed E-state index contributed by atoms with van der Waals surface area (Å²) in [5, 5.41) is 7.95. The van der Waals surface area contributed by atoms with Crippen LogP contribution in [-0.2, 0) is 9.59 Å². The number of carbonyl (C=O) groups is 2. The van der Waals surface area contributed by atoms with Gasteiger partial charge in [-0.05, 0) is 0 Å². The molecule has 0 unspecified atom stereocenters. The van der Waals surface area contributed by atoms with Gasteiger partial charge in [0.25, 0.3) is 0 Å². The molecular weight excluding hydrogens is 133 g/mol. The molecule has 0 fully saturated rings. The zero-order valence-corrected chi connectivity index (χ0v) is 7.26. The van der Waals surface area contributed by atoms with Gasteiger partial charge in [0.2, 0.25) is 5.91 Å². The first kappa shape index (κ1) is 11.7. The Morgan fingerprint density at radius 2 is 1.78 bits per heavy atom. The van der Waals surface area contributed by atoms with Gasteiger partial charge in [0.05, 0.1) is 6.42 Å². The summed E-state index contributed by atoms with van der Waals surface area (Å²) in [5.41, 5.74) is 4.64. The standard InChI is InChI=1S/C4H7NO3.Na/c5-3(6)1-2-4(7)8;/h1-2H2,(H2,5,6)(H,7,8);. The van der Waals surface area contributed by atoms with E-state index in [2.05, 4.69) is 5.73 Å². The van der Waals surface area contributed by atoms with Crippen LogP contribution in [0.3, 0.4) is 0 Å². The summed E-state index contributed by atoms with van der Waals surface area (Å²) in [5.74, 6) is -1.57. The average molecular weight is 140 g/mol. The van der Waals surface area contributed by atoms with E-state index in [-0.39, 0.29) is 42.4 Å². The van der Waals surface area contributed by atoms with Gasteiger partial charge in [-0.25, -0.2) is 0 Å². The molecule has 0 saturated carbocycles. The van der Waals surface area contributed by atoms with E-state index in [9.17, 15) is 9.59 Å². The van der Waals surface area contributed by atoms with E-state index >= 15 is 0 Å². The van der Waals surface area contributed by atoms with Crippen molar-refractivity contribution in [3.05, 3.63) is 0 Å². The van der Waals surface area contributed by atoms with Crippen LogP contribution in [0.5, 0.6) is 0 Å². The van der Waals surface area contributed by atoms with E-state index in [1.165, 1.54) is 0 Å². The Morgan fingerprint density at radius 3 is 1.89 bits per heavy atom. The van der Waals surface area contributed by atoms with Gasteiger partial charge in [0.15, 0.2) is 0 Å². The summed E-state index contributed by atoms with van der Waals surface area (Å²) in [6, 6.07) is 0. The first-order valence-corrected chi connectivity index (χ1v) is 2.13. The molecule has 0 saturated heterocycles. The van der Waals surface area contributed by atoms with Gasteiger partial charge < -0.3 is 10.8 Å². The van der Waals surface area contributed by atoms with Gasteiger partial charge in [-0.2, -0.15) is 0 Å². The molecule has 5 heteroatoms. The van der Waals surface area contributed by atoms with E-state index in [0.717, 1.165) is 0 Å². The number of rotatable bonds is 3. The smallest absolute Gasteiger partial charge is 0.303 e. The molecule has 0 rings (SSSR count). The maximum atomic E-state index is 9.86. The number of hydrogen-bond donors (Lipinski definition) is 2. The van der Waals surface area contributed by atoms with E-state index in [0.29, 0.717) is 0 Å². The fraction of sp³-hybridized carbons (Fsp3) is 0.500. The molecule has 0 bridgehead atoms. The number of nitrogens with two attached hydrogens (primary N) is 1. The van der Waals surface area contributed by atoms with Crippen LogP contribution in [0.25, 0.3) is 0 Å². The fourth-order valence-corrected chi connectivity index (χ4v) is 0.230. The van der Waals surface area contributed by atoms with Gasteiger partial charge in [-0.1, -0.05) is 0 Å². The third kappa shape index (κ3) is 11.5. The third-order valence-electron chi connectivity index (χ3n) is 0.585. The first-order valence-electron chi connectivity index (χ1n) is 2.13. The van der Waals surface area contributed by atoms with Crippen LogP contribution in [0.2, 0.25) is 0 Å². The largest absolute Gasteiger partial charge is 0.481 e. The van der Waals surface area contributed by atoms with Crippen molar-refractivity contribution in [2.75, 3.05) is 0 Å².